The maximum Gasteiger partial charge on any atom is 0.334 e. The topological polar surface area (TPSA) is 81.3 Å². The number of hydrogen-bond acceptors (Lipinski definition) is 3. The van der Waals surface area contributed by atoms with Gasteiger partial charge in [0, 0.05) is 0 Å². The van der Waals surface area contributed by atoms with E-state index in [2.05, 4.69) is 0 Å². The molecule has 2 atom stereocenters. The summed E-state index contributed by atoms with van der Waals surface area (Å²) in [7, 11) is 0. The minimum atomic E-state index is -1.68. The van der Waals surface area contributed by atoms with Crippen LogP contribution in [0.3, 0.4) is 0 Å². The van der Waals surface area contributed by atoms with Gasteiger partial charge in [0.1, 0.15) is 5.92 Å². The number of aliphatic carboxylic acids is 1. The van der Waals surface area contributed by atoms with Crippen LogP contribution in [-0.2, 0) is 4.79 Å². The highest BCUT2D eigenvalue weighted by molar-refractivity contribution is 5.74. The van der Waals surface area contributed by atoms with Gasteiger partial charge in [-0.05, 0) is 5.56 Å². The molecule has 0 unspecified atom stereocenters. The van der Waals surface area contributed by atoms with Gasteiger partial charge in [0.25, 0.3) is 0 Å². The van der Waals surface area contributed by atoms with Crippen LogP contribution in [0.5, 0.6) is 0 Å². The zero-order valence-electron chi connectivity index (χ0n) is 7.29. The van der Waals surface area contributed by atoms with Crippen molar-refractivity contribution in [2.45, 2.75) is 12.0 Å². The van der Waals surface area contributed by atoms with Crippen molar-refractivity contribution in [3.05, 3.63) is 35.9 Å². The number of carboxylic acids is 1. The second-order valence-corrected chi connectivity index (χ2v) is 2.80. The fourth-order valence-electron chi connectivity index (χ4n) is 1.13. The first-order chi connectivity index (χ1) is 6.66. The molecule has 1 aromatic rings. The molecule has 0 amide bonds. The average molecular weight is 191 g/mol. The van der Waals surface area contributed by atoms with Crippen molar-refractivity contribution < 1.29 is 15.0 Å². The van der Waals surface area contributed by atoms with Gasteiger partial charge in [-0.3, -0.25) is 0 Å². The Bertz CT molecular complexity index is 355. The van der Waals surface area contributed by atoms with Crippen LogP contribution in [0.25, 0.3) is 0 Å². The van der Waals surface area contributed by atoms with Crippen LogP contribution in [-0.4, -0.2) is 22.3 Å². The molecule has 0 bridgehead atoms. The lowest BCUT2D eigenvalue weighted by Crippen LogP contribution is -2.26. The van der Waals surface area contributed by atoms with E-state index in [1.165, 1.54) is 0 Å². The molecule has 72 valence electrons. The number of nitrogens with zero attached hydrogens (tertiary/aromatic N) is 1. The second-order valence-electron chi connectivity index (χ2n) is 2.80. The van der Waals surface area contributed by atoms with Crippen molar-refractivity contribution in [1.29, 1.82) is 5.26 Å². The summed E-state index contributed by atoms with van der Waals surface area (Å²) >= 11 is 0. The largest absolute Gasteiger partial charge is 0.479 e. The van der Waals surface area contributed by atoms with Crippen LogP contribution in [0.1, 0.15) is 11.5 Å². The van der Waals surface area contributed by atoms with Crippen LogP contribution in [0.4, 0.5) is 0 Å². The molecule has 0 saturated carbocycles. The molecule has 0 aliphatic heterocycles. The Hall–Kier alpha value is -1.86. The van der Waals surface area contributed by atoms with E-state index < -0.39 is 18.0 Å². The third-order valence-corrected chi connectivity index (χ3v) is 1.87. The van der Waals surface area contributed by atoms with E-state index in [0.717, 1.165) is 0 Å². The van der Waals surface area contributed by atoms with Gasteiger partial charge in [0.15, 0.2) is 6.10 Å². The Labute approximate surface area is 81.0 Å². The number of aliphatic hydroxyl groups is 1. The molecule has 0 aromatic heterocycles. The quantitative estimate of drug-likeness (QED) is 0.738. The van der Waals surface area contributed by atoms with Crippen molar-refractivity contribution >= 4 is 5.97 Å². The van der Waals surface area contributed by atoms with E-state index in [0.29, 0.717) is 5.56 Å². The number of rotatable bonds is 3. The van der Waals surface area contributed by atoms with E-state index in [4.69, 9.17) is 10.4 Å². The summed E-state index contributed by atoms with van der Waals surface area (Å²) in [5, 5.41) is 26.5. The van der Waals surface area contributed by atoms with Crippen LogP contribution in [0.2, 0.25) is 0 Å². The molecule has 2 N–H and O–H groups in total. The number of nitriles is 1. The van der Waals surface area contributed by atoms with Crippen molar-refractivity contribution in [2.75, 3.05) is 0 Å². The minimum absolute atomic E-state index is 0.505. The molecule has 0 fully saturated rings. The number of carboxylic acid groups (broad SMARTS) is 1. The number of carbonyl (C=O) groups is 1. The summed E-state index contributed by atoms with van der Waals surface area (Å²) in [6.45, 7) is 0. The molecule has 0 spiro atoms. The molecule has 0 aliphatic carbocycles. The summed E-state index contributed by atoms with van der Waals surface area (Å²) in [6, 6.07) is 10.1. The molecular weight excluding hydrogens is 182 g/mol. The zero-order valence-corrected chi connectivity index (χ0v) is 7.29. The monoisotopic (exact) mass is 191 g/mol. The van der Waals surface area contributed by atoms with Crippen LogP contribution in [0, 0.1) is 11.3 Å². The smallest absolute Gasteiger partial charge is 0.334 e. The number of hydrogen-bond donors (Lipinski definition) is 2. The van der Waals surface area contributed by atoms with Gasteiger partial charge in [-0.1, -0.05) is 30.3 Å². The fraction of sp³-hybridized carbons (Fsp3) is 0.200. The summed E-state index contributed by atoms with van der Waals surface area (Å²) in [4.78, 5) is 10.5. The Kier molecular flexibility index (Phi) is 3.21. The predicted octanol–water partition coefficient (Wildman–Crippen LogP) is 0.739. The molecule has 4 nitrogen and oxygen atoms in total. The first-order valence-electron chi connectivity index (χ1n) is 4.02. The summed E-state index contributed by atoms with van der Waals surface area (Å²) in [5.41, 5.74) is 0.505. The maximum atomic E-state index is 10.5. The summed E-state index contributed by atoms with van der Waals surface area (Å²) in [6.07, 6.45) is -1.68. The highest BCUT2D eigenvalue weighted by Gasteiger charge is 2.26. The summed E-state index contributed by atoms with van der Waals surface area (Å²) < 4.78 is 0. The highest BCUT2D eigenvalue weighted by Crippen LogP contribution is 2.18. The van der Waals surface area contributed by atoms with Crippen molar-refractivity contribution in [3.8, 4) is 6.07 Å². The van der Waals surface area contributed by atoms with E-state index in [9.17, 15) is 9.90 Å². The van der Waals surface area contributed by atoms with Crippen LogP contribution in [0.15, 0.2) is 30.3 Å². The van der Waals surface area contributed by atoms with Crippen molar-refractivity contribution in [2.24, 2.45) is 0 Å². The molecular formula is C10H9NO3. The molecule has 1 aromatic carbocycles. The van der Waals surface area contributed by atoms with Gasteiger partial charge >= 0.3 is 5.97 Å². The third-order valence-electron chi connectivity index (χ3n) is 1.87. The molecule has 0 aliphatic rings. The normalized spacial score (nSPS) is 14.0. The fourth-order valence-corrected chi connectivity index (χ4v) is 1.13. The molecule has 0 saturated heterocycles. The lowest BCUT2D eigenvalue weighted by Gasteiger charge is -2.12. The molecule has 0 heterocycles. The van der Waals surface area contributed by atoms with Gasteiger partial charge in [-0.2, -0.15) is 5.26 Å². The first-order valence-corrected chi connectivity index (χ1v) is 4.02. The van der Waals surface area contributed by atoms with E-state index in [-0.39, 0.29) is 0 Å². The Morgan fingerprint density at radius 2 is 1.93 bits per heavy atom. The Balaban J connectivity index is 2.95. The number of aliphatic hydroxyl groups excluding tert-OH is 1. The van der Waals surface area contributed by atoms with Gasteiger partial charge in [0.05, 0.1) is 6.07 Å². The second kappa shape index (κ2) is 4.40. The lowest BCUT2D eigenvalue weighted by atomic mass is 9.95. The van der Waals surface area contributed by atoms with Gasteiger partial charge in [0.2, 0.25) is 0 Å². The van der Waals surface area contributed by atoms with E-state index in [1.54, 1.807) is 36.4 Å². The zero-order chi connectivity index (χ0) is 10.6. The van der Waals surface area contributed by atoms with Gasteiger partial charge in [-0.15, -0.1) is 0 Å². The van der Waals surface area contributed by atoms with Crippen LogP contribution < -0.4 is 0 Å². The highest BCUT2D eigenvalue weighted by atomic mass is 16.4. The Morgan fingerprint density at radius 1 is 1.36 bits per heavy atom. The third kappa shape index (κ3) is 2.09. The number of benzene rings is 1. The first kappa shape index (κ1) is 10.2. The van der Waals surface area contributed by atoms with Gasteiger partial charge < -0.3 is 10.2 Å². The minimum Gasteiger partial charge on any atom is -0.479 e. The standard InChI is InChI=1S/C10H9NO3/c11-6-8(9(12)10(13)14)7-4-2-1-3-5-7/h1-5,8-9,12H,(H,13,14)/t8-,9-/m0/s1. The molecule has 0 radical (unpaired) electrons. The van der Waals surface area contributed by atoms with E-state index >= 15 is 0 Å². The summed E-state index contributed by atoms with van der Waals surface area (Å²) in [5.74, 6) is -2.41. The molecule has 14 heavy (non-hydrogen) atoms. The van der Waals surface area contributed by atoms with Crippen molar-refractivity contribution in [3.63, 3.8) is 0 Å². The molecule has 4 heteroatoms. The lowest BCUT2D eigenvalue weighted by molar-refractivity contribution is -0.147. The predicted molar refractivity (Wildman–Crippen MR) is 48.4 cm³/mol. The maximum absolute atomic E-state index is 10.5. The average Bonchev–Trinajstić information content (AvgIpc) is 2.20. The van der Waals surface area contributed by atoms with Crippen molar-refractivity contribution in [1.82, 2.24) is 0 Å². The SMILES string of the molecule is N#C[C@@H](c1ccccc1)[C@H](O)C(=O)O. The van der Waals surface area contributed by atoms with Crippen LogP contribution >= 0.6 is 0 Å². The molecule has 1 rings (SSSR count). The Morgan fingerprint density at radius 3 is 2.36 bits per heavy atom. The van der Waals surface area contributed by atoms with E-state index in [1.807, 2.05) is 0 Å². The van der Waals surface area contributed by atoms with Gasteiger partial charge in [-0.25, -0.2) is 4.79 Å².